The molecule has 2 nitrogen and oxygen atoms in total. The van der Waals surface area contributed by atoms with Crippen LogP contribution < -0.4 is 5.84 Å². The SMILES string of the molecule is C/C(=N/N)c1ccc(Br)s1. The van der Waals surface area contributed by atoms with Gasteiger partial charge < -0.3 is 5.84 Å². The minimum absolute atomic E-state index is 0.871. The van der Waals surface area contributed by atoms with Crippen molar-refractivity contribution in [2.24, 2.45) is 10.9 Å². The summed E-state index contributed by atoms with van der Waals surface area (Å²) in [5.74, 6) is 5.09. The van der Waals surface area contributed by atoms with E-state index in [4.69, 9.17) is 5.84 Å². The van der Waals surface area contributed by atoms with Crippen molar-refractivity contribution < 1.29 is 0 Å². The standard InChI is InChI=1S/C6H7BrN2S/c1-4(9-8)5-2-3-6(7)10-5/h2-3H,8H2,1H3/b9-4-. The van der Waals surface area contributed by atoms with Gasteiger partial charge in [-0.3, -0.25) is 0 Å². The van der Waals surface area contributed by atoms with E-state index in [9.17, 15) is 0 Å². The smallest absolute Gasteiger partial charge is 0.0741 e. The molecule has 0 amide bonds. The van der Waals surface area contributed by atoms with Crippen LogP contribution in [0.1, 0.15) is 11.8 Å². The third-order valence-electron chi connectivity index (χ3n) is 1.12. The summed E-state index contributed by atoms with van der Waals surface area (Å²) in [5, 5.41) is 3.58. The Morgan fingerprint density at radius 2 is 2.40 bits per heavy atom. The molecule has 0 atom stereocenters. The predicted octanol–water partition coefficient (Wildman–Crippen LogP) is 2.19. The lowest BCUT2D eigenvalue weighted by atomic mass is 10.3. The van der Waals surface area contributed by atoms with E-state index in [1.165, 1.54) is 0 Å². The Kier molecular flexibility index (Phi) is 2.45. The maximum atomic E-state index is 5.09. The van der Waals surface area contributed by atoms with Gasteiger partial charge in [-0.25, -0.2) is 0 Å². The Morgan fingerprint density at radius 1 is 1.70 bits per heavy atom. The van der Waals surface area contributed by atoms with Gasteiger partial charge in [-0.05, 0) is 35.0 Å². The lowest BCUT2D eigenvalue weighted by Crippen LogP contribution is -1.94. The second kappa shape index (κ2) is 3.16. The number of nitrogens with zero attached hydrogens (tertiary/aromatic N) is 1. The van der Waals surface area contributed by atoms with Gasteiger partial charge >= 0.3 is 0 Å². The van der Waals surface area contributed by atoms with Crippen LogP contribution in [-0.4, -0.2) is 5.71 Å². The molecule has 0 aromatic carbocycles. The molecule has 1 rings (SSSR count). The van der Waals surface area contributed by atoms with Crippen LogP contribution in [0.5, 0.6) is 0 Å². The molecule has 0 unspecified atom stereocenters. The summed E-state index contributed by atoms with van der Waals surface area (Å²) in [6.07, 6.45) is 0. The molecule has 0 fully saturated rings. The quantitative estimate of drug-likeness (QED) is 0.439. The molecule has 0 bridgehead atoms. The molecule has 54 valence electrons. The number of halogens is 1. The topological polar surface area (TPSA) is 38.4 Å². The summed E-state index contributed by atoms with van der Waals surface area (Å²) in [4.78, 5) is 1.11. The Morgan fingerprint density at radius 3 is 2.80 bits per heavy atom. The van der Waals surface area contributed by atoms with E-state index in [1.807, 2.05) is 19.1 Å². The van der Waals surface area contributed by atoms with Gasteiger partial charge in [0.15, 0.2) is 0 Å². The highest BCUT2D eigenvalue weighted by Crippen LogP contribution is 2.22. The molecule has 0 saturated heterocycles. The van der Waals surface area contributed by atoms with E-state index in [2.05, 4.69) is 21.0 Å². The van der Waals surface area contributed by atoms with E-state index >= 15 is 0 Å². The Hall–Kier alpha value is -0.350. The van der Waals surface area contributed by atoms with E-state index in [-0.39, 0.29) is 0 Å². The minimum atomic E-state index is 0.871. The van der Waals surface area contributed by atoms with Crippen LogP contribution in [0, 0.1) is 0 Å². The summed E-state index contributed by atoms with van der Waals surface area (Å²) < 4.78 is 1.10. The summed E-state index contributed by atoms with van der Waals surface area (Å²) in [6.45, 7) is 1.89. The van der Waals surface area contributed by atoms with Crippen LogP contribution >= 0.6 is 27.3 Å². The van der Waals surface area contributed by atoms with Crippen molar-refractivity contribution in [3.8, 4) is 0 Å². The molecule has 0 aliphatic heterocycles. The number of nitrogens with two attached hydrogens (primary N) is 1. The van der Waals surface area contributed by atoms with E-state index in [0.717, 1.165) is 14.4 Å². The van der Waals surface area contributed by atoms with Crippen LogP contribution in [0.25, 0.3) is 0 Å². The van der Waals surface area contributed by atoms with Gasteiger partial charge in [-0.1, -0.05) is 0 Å². The summed E-state index contributed by atoms with van der Waals surface area (Å²) in [5.41, 5.74) is 0.871. The van der Waals surface area contributed by atoms with Crippen molar-refractivity contribution in [3.63, 3.8) is 0 Å². The molecular formula is C6H7BrN2S. The lowest BCUT2D eigenvalue weighted by Gasteiger charge is -1.88. The van der Waals surface area contributed by atoms with Gasteiger partial charge in [0.05, 0.1) is 14.4 Å². The maximum absolute atomic E-state index is 5.09. The molecule has 4 heteroatoms. The second-order valence-corrected chi connectivity index (χ2v) is 4.28. The molecule has 0 spiro atoms. The predicted molar refractivity (Wildman–Crippen MR) is 48.4 cm³/mol. The molecule has 1 aromatic heterocycles. The average Bonchev–Trinajstić information content (AvgIpc) is 2.34. The highest BCUT2D eigenvalue weighted by Gasteiger charge is 1.99. The third-order valence-corrected chi connectivity index (χ3v) is 2.86. The molecular weight excluding hydrogens is 212 g/mol. The first kappa shape index (κ1) is 7.75. The second-order valence-electron chi connectivity index (χ2n) is 1.82. The van der Waals surface area contributed by atoms with Crippen LogP contribution in [0.2, 0.25) is 0 Å². The van der Waals surface area contributed by atoms with Gasteiger partial charge in [0.25, 0.3) is 0 Å². The first-order chi connectivity index (χ1) is 4.74. The number of hydrogen-bond acceptors (Lipinski definition) is 3. The summed E-state index contributed by atoms with van der Waals surface area (Å²) >= 11 is 4.98. The molecule has 0 radical (unpaired) electrons. The van der Waals surface area contributed by atoms with Crippen LogP contribution in [0.3, 0.4) is 0 Å². The van der Waals surface area contributed by atoms with E-state index < -0.39 is 0 Å². The van der Waals surface area contributed by atoms with Crippen molar-refractivity contribution in [2.45, 2.75) is 6.92 Å². The summed E-state index contributed by atoms with van der Waals surface area (Å²) in [6, 6.07) is 3.97. The molecule has 0 aliphatic carbocycles. The maximum Gasteiger partial charge on any atom is 0.0741 e. The Bertz CT molecular complexity index is 254. The van der Waals surface area contributed by atoms with E-state index in [0.29, 0.717) is 0 Å². The van der Waals surface area contributed by atoms with Gasteiger partial charge in [0, 0.05) is 0 Å². The zero-order chi connectivity index (χ0) is 7.56. The highest BCUT2D eigenvalue weighted by molar-refractivity contribution is 9.11. The Balaban J connectivity index is 2.95. The lowest BCUT2D eigenvalue weighted by molar-refractivity contribution is 1.24. The normalized spacial score (nSPS) is 12.0. The van der Waals surface area contributed by atoms with Crippen molar-refractivity contribution in [2.75, 3.05) is 0 Å². The van der Waals surface area contributed by atoms with Crippen molar-refractivity contribution in [1.29, 1.82) is 0 Å². The molecule has 0 saturated carbocycles. The monoisotopic (exact) mass is 218 g/mol. The fourth-order valence-corrected chi connectivity index (χ4v) is 1.91. The zero-order valence-electron chi connectivity index (χ0n) is 5.47. The molecule has 1 heterocycles. The molecule has 2 N–H and O–H groups in total. The minimum Gasteiger partial charge on any atom is -0.323 e. The van der Waals surface area contributed by atoms with Gasteiger partial charge in [-0.2, -0.15) is 5.10 Å². The van der Waals surface area contributed by atoms with Gasteiger partial charge in [0.2, 0.25) is 0 Å². The number of thiophene rings is 1. The largest absolute Gasteiger partial charge is 0.323 e. The van der Waals surface area contributed by atoms with Crippen LogP contribution in [0.4, 0.5) is 0 Å². The Labute approximate surface area is 71.9 Å². The van der Waals surface area contributed by atoms with Crippen molar-refractivity contribution in [1.82, 2.24) is 0 Å². The molecule has 0 aliphatic rings. The van der Waals surface area contributed by atoms with E-state index in [1.54, 1.807) is 11.3 Å². The third kappa shape index (κ3) is 1.58. The fraction of sp³-hybridized carbons (Fsp3) is 0.167. The molecule has 1 aromatic rings. The fourth-order valence-electron chi connectivity index (χ4n) is 0.572. The van der Waals surface area contributed by atoms with Gasteiger partial charge in [-0.15, -0.1) is 11.3 Å². The van der Waals surface area contributed by atoms with Crippen LogP contribution in [-0.2, 0) is 0 Å². The number of rotatable bonds is 1. The van der Waals surface area contributed by atoms with Crippen molar-refractivity contribution in [3.05, 3.63) is 20.8 Å². The van der Waals surface area contributed by atoms with Crippen LogP contribution in [0.15, 0.2) is 21.0 Å². The highest BCUT2D eigenvalue weighted by atomic mass is 79.9. The average molecular weight is 219 g/mol. The first-order valence-electron chi connectivity index (χ1n) is 2.74. The zero-order valence-corrected chi connectivity index (χ0v) is 7.87. The summed E-state index contributed by atoms with van der Waals surface area (Å²) in [7, 11) is 0. The van der Waals surface area contributed by atoms with Crippen molar-refractivity contribution >= 4 is 33.0 Å². The van der Waals surface area contributed by atoms with Gasteiger partial charge in [0.1, 0.15) is 0 Å². The number of hydrogen-bond donors (Lipinski definition) is 1. The molecule has 10 heavy (non-hydrogen) atoms. The first-order valence-corrected chi connectivity index (χ1v) is 4.35. The number of hydrazone groups is 1.